The van der Waals surface area contributed by atoms with Gasteiger partial charge in [0, 0.05) is 17.7 Å². The van der Waals surface area contributed by atoms with E-state index in [0.717, 1.165) is 12.5 Å². The number of halogens is 2. The Morgan fingerprint density at radius 1 is 1.33 bits per heavy atom. The van der Waals surface area contributed by atoms with Crippen LogP contribution >= 0.6 is 0 Å². The molecule has 2 atom stereocenters. The smallest absolute Gasteiger partial charge is 0.150 e. The van der Waals surface area contributed by atoms with Gasteiger partial charge in [-0.2, -0.15) is 0 Å². The summed E-state index contributed by atoms with van der Waals surface area (Å²) in [5, 5.41) is 3.23. The summed E-state index contributed by atoms with van der Waals surface area (Å²) in [6.07, 6.45) is 1.37. The molecule has 0 aliphatic carbocycles. The summed E-state index contributed by atoms with van der Waals surface area (Å²) in [6, 6.07) is 1.99. The maximum atomic E-state index is 14.1. The van der Waals surface area contributed by atoms with E-state index in [9.17, 15) is 17.2 Å². The number of hydrogen-bond acceptors (Lipinski definition) is 3. The maximum Gasteiger partial charge on any atom is 0.150 e. The number of nitrogens with one attached hydrogen (secondary N) is 1. The summed E-state index contributed by atoms with van der Waals surface area (Å²) in [5.41, 5.74) is 0.736. The lowest BCUT2D eigenvalue weighted by Gasteiger charge is -2.25. The third kappa shape index (κ3) is 3.80. The highest BCUT2D eigenvalue weighted by Gasteiger charge is 2.35. The van der Waals surface area contributed by atoms with Gasteiger partial charge in [-0.25, -0.2) is 17.2 Å². The monoisotopic (exact) mass is 317 g/mol. The third-order valence-electron chi connectivity index (χ3n) is 3.97. The van der Waals surface area contributed by atoms with Crippen molar-refractivity contribution in [3.8, 4) is 0 Å². The van der Waals surface area contributed by atoms with Crippen molar-refractivity contribution in [3.63, 3.8) is 0 Å². The Bertz CT molecular complexity index is 616. The van der Waals surface area contributed by atoms with Crippen LogP contribution in [0.15, 0.2) is 12.1 Å². The fourth-order valence-corrected chi connectivity index (χ4v) is 4.67. The van der Waals surface area contributed by atoms with Crippen LogP contribution in [0.25, 0.3) is 0 Å². The number of hydrogen-bond donors (Lipinski definition) is 1. The molecule has 0 radical (unpaired) electrons. The average molecular weight is 317 g/mol. The molecule has 0 saturated carbocycles. The fourth-order valence-electron chi connectivity index (χ4n) is 2.83. The van der Waals surface area contributed by atoms with E-state index in [4.69, 9.17) is 0 Å². The molecule has 118 valence electrons. The Hall–Kier alpha value is -1.01. The standard InChI is InChI=1S/C15H21F2NO2S/c1-3-5-18-15(11-4-6-21(19,20)9-11)12-7-10(2)13(16)8-14(12)17/h7-8,11,15,18H,3-6,9H2,1-2H3. The SMILES string of the molecule is CCCNC(c1cc(C)c(F)cc1F)C1CCS(=O)(=O)C1. The Labute approximate surface area is 124 Å². The second kappa shape index (κ2) is 6.40. The Balaban J connectivity index is 2.34. The average Bonchev–Trinajstić information content (AvgIpc) is 2.76. The molecule has 21 heavy (non-hydrogen) atoms. The van der Waals surface area contributed by atoms with Gasteiger partial charge in [0.25, 0.3) is 0 Å². The molecule has 1 aromatic carbocycles. The summed E-state index contributed by atoms with van der Waals surface area (Å²) in [4.78, 5) is 0. The summed E-state index contributed by atoms with van der Waals surface area (Å²) < 4.78 is 50.9. The van der Waals surface area contributed by atoms with E-state index in [1.165, 1.54) is 6.07 Å². The minimum Gasteiger partial charge on any atom is -0.310 e. The van der Waals surface area contributed by atoms with E-state index in [0.29, 0.717) is 24.1 Å². The zero-order chi connectivity index (χ0) is 15.6. The van der Waals surface area contributed by atoms with E-state index < -0.39 is 21.5 Å². The van der Waals surface area contributed by atoms with E-state index in [1.54, 1.807) is 6.92 Å². The quantitative estimate of drug-likeness (QED) is 0.908. The molecule has 2 unspecified atom stereocenters. The van der Waals surface area contributed by atoms with Crippen molar-refractivity contribution in [1.82, 2.24) is 5.32 Å². The first-order valence-electron chi connectivity index (χ1n) is 7.23. The zero-order valence-electron chi connectivity index (χ0n) is 12.3. The molecule has 6 heteroatoms. The molecule has 0 bridgehead atoms. The van der Waals surface area contributed by atoms with E-state index in [2.05, 4.69) is 5.32 Å². The van der Waals surface area contributed by atoms with Crippen LogP contribution in [0, 0.1) is 24.5 Å². The zero-order valence-corrected chi connectivity index (χ0v) is 13.1. The first-order valence-corrected chi connectivity index (χ1v) is 9.05. The lowest BCUT2D eigenvalue weighted by molar-refractivity contribution is 0.378. The Kier molecular flexibility index (Phi) is 4.99. The van der Waals surface area contributed by atoms with Gasteiger partial charge >= 0.3 is 0 Å². The molecule has 0 aromatic heterocycles. The molecular formula is C15H21F2NO2S. The summed E-state index contributed by atoms with van der Waals surface area (Å²) >= 11 is 0. The van der Waals surface area contributed by atoms with Gasteiger partial charge in [-0.15, -0.1) is 0 Å². The normalized spacial score (nSPS) is 22.4. The first-order chi connectivity index (χ1) is 9.84. The number of benzene rings is 1. The first kappa shape index (κ1) is 16.4. The number of sulfone groups is 1. The van der Waals surface area contributed by atoms with Crippen LogP contribution in [-0.2, 0) is 9.84 Å². The van der Waals surface area contributed by atoms with Crippen LogP contribution in [0.3, 0.4) is 0 Å². The van der Waals surface area contributed by atoms with E-state index in [-0.39, 0.29) is 23.5 Å². The van der Waals surface area contributed by atoms with Gasteiger partial charge in [-0.05, 0) is 43.9 Å². The van der Waals surface area contributed by atoms with Crippen molar-refractivity contribution >= 4 is 9.84 Å². The predicted octanol–water partition coefficient (Wildman–Crippen LogP) is 2.75. The van der Waals surface area contributed by atoms with Crippen molar-refractivity contribution in [3.05, 3.63) is 34.9 Å². The molecule has 1 fully saturated rings. The van der Waals surface area contributed by atoms with Gasteiger partial charge in [0.2, 0.25) is 0 Å². The van der Waals surface area contributed by atoms with E-state index in [1.807, 2.05) is 6.92 Å². The van der Waals surface area contributed by atoms with E-state index >= 15 is 0 Å². The molecule has 1 saturated heterocycles. The van der Waals surface area contributed by atoms with Crippen LogP contribution in [-0.4, -0.2) is 26.5 Å². The molecule has 1 aromatic rings. The minimum atomic E-state index is -3.04. The second-order valence-electron chi connectivity index (χ2n) is 5.72. The van der Waals surface area contributed by atoms with Crippen molar-refractivity contribution in [2.24, 2.45) is 5.92 Å². The second-order valence-corrected chi connectivity index (χ2v) is 7.95. The Morgan fingerprint density at radius 2 is 2.05 bits per heavy atom. The minimum absolute atomic E-state index is 0.0598. The van der Waals surface area contributed by atoms with Gasteiger partial charge < -0.3 is 5.32 Å². The molecule has 3 nitrogen and oxygen atoms in total. The van der Waals surface area contributed by atoms with Crippen LogP contribution in [0.1, 0.15) is 36.9 Å². The van der Waals surface area contributed by atoms with Gasteiger partial charge in [-0.3, -0.25) is 0 Å². The van der Waals surface area contributed by atoms with Gasteiger partial charge in [0.15, 0.2) is 9.84 Å². The highest BCUT2D eigenvalue weighted by atomic mass is 32.2. The lowest BCUT2D eigenvalue weighted by atomic mass is 9.91. The van der Waals surface area contributed by atoms with Crippen molar-refractivity contribution in [1.29, 1.82) is 0 Å². The summed E-state index contributed by atoms with van der Waals surface area (Å²) in [6.45, 7) is 4.24. The van der Waals surface area contributed by atoms with Crippen molar-refractivity contribution in [2.75, 3.05) is 18.1 Å². The molecule has 1 N–H and O–H groups in total. The number of aryl methyl sites for hydroxylation is 1. The maximum absolute atomic E-state index is 14.1. The molecule has 1 aliphatic rings. The topological polar surface area (TPSA) is 46.2 Å². The van der Waals surface area contributed by atoms with Gasteiger partial charge in [0.05, 0.1) is 11.5 Å². The summed E-state index contributed by atoms with van der Waals surface area (Å²) in [5.74, 6) is -1.16. The van der Waals surface area contributed by atoms with Gasteiger partial charge in [-0.1, -0.05) is 6.92 Å². The lowest BCUT2D eigenvalue weighted by Crippen LogP contribution is -2.30. The number of rotatable bonds is 5. The highest BCUT2D eigenvalue weighted by Crippen LogP contribution is 2.33. The molecule has 0 amide bonds. The van der Waals surface area contributed by atoms with Crippen molar-refractivity contribution < 1.29 is 17.2 Å². The third-order valence-corrected chi connectivity index (χ3v) is 5.76. The molecule has 0 spiro atoms. The highest BCUT2D eigenvalue weighted by molar-refractivity contribution is 7.91. The van der Waals surface area contributed by atoms with Gasteiger partial charge in [0.1, 0.15) is 11.6 Å². The van der Waals surface area contributed by atoms with Crippen LogP contribution in [0.2, 0.25) is 0 Å². The van der Waals surface area contributed by atoms with Crippen LogP contribution in [0.4, 0.5) is 8.78 Å². The molecular weight excluding hydrogens is 296 g/mol. The molecule has 2 rings (SSSR count). The van der Waals surface area contributed by atoms with Crippen LogP contribution < -0.4 is 5.32 Å². The Morgan fingerprint density at radius 3 is 2.62 bits per heavy atom. The predicted molar refractivity (Wildman–Crippen MR) is 78.9 cm³/mol. The van der Waals surface area contributed by atoms with Crippen LogP contribution in [0.5, 0.6) is 0 Å². The summed E-state index contributed by atoms with van der Waals surface area (Å²) in [7, 11) is -3.04. The molecule has 1 aliphatic heterocycles. The van der Waals surface area contributed by atoms with Crippen molar-refractivity contribution in [2.45, 2.75) is 32.7 Å². The fraction of sp³-hybridized carbons (Fsp3) is 0.600. The largest absolute Gasteiger partial charge is 0.310 e. The molecule has 1 heterocycles.